The second kappa shape index (κ2) is 6.37. The fourth-order valence-corrected chi connectivity index (χ4v) is 2.96. The van der Waals surface area contributed by atoms with Crippen LogP contribution in [-0.2, 0) is 6.54 Å². The van der Waals surface area contributed by atoms with Crippen molar-refractivity contribution in [3.05, 3.63) is 24.1 Å². The van der Waals surface area contributed by atoms with Gasteiger partial charge in [0.1, 0.15) is 5.69 Å². The maximum atomic E-state index is 12.4. The number of rotatable bonds is 7. The van der Waals surface area contributed by atoms with Crippen LogP contribution in [0.15, 0.2) is 22.8 Å². The van der Waals surface area contributed by atoms with Gasteiger partial charge in [-0.1, -0.05) is 26.2 Å². The molecule has 0 saturated heterocycles. The minimum atomic E-state index is 0.0248. The molecule has 0 aromatic carbocycles. The minimum absolute atomic E-state index is 0.0248. The number of amides is 1. The van der Waals surface area contributed by atoms with Gasteiger partial charge in [-0.3, -0.25) is 4.79 Å². The lowest BCUT2D eigenvalue weighted by atomic mass is 9.85. The highest BCUT2D eigenvalue weighted by Crippen LogP contribution is 2.31. The van der Waals surface area contributed by atoms with Gasteiger partial charge in [0.15, 0.2) is 5.58 Å². The number of carbonyl (C=O) groups is 1. The van der Waals surface area contributed by atoms with E-state index in [4.69, 9.17) is 4.42 Å². The van der Waals surface area contributed by atoms with Crippen LogP contribution in [0.2, 0.25) is 0 Å². The van der Waals surface area contributed by atoms with Crippen LogP contribution in [-0.4, -0.2) is 17.0 Å². The monoisotopic (exact) mass is 288 g/mol. The Labute approximate surface area is 125 Å². The van der Waals surface area contributed by atoms with E-state index < -0.39 is 0 Å². The van der Waals surface area contributed by atoms with E-state index in [0.29, 0.717) is 5.92 Å². The van der Waals surface area contributed by atoms with E-state index in [9.17, 15) is 4.79 Å². The van der Waals surface area contributed by atoms with E-state index in [1.165, 1.54) is 25.7 Å². The van der Waals surface area contributed by atoms with E-state index in [1.807, 2.05) is 12.1 Å². The highest BCUT2D eigenvalue weighted by Gasteiger charge is 2.23. The van der Waals surface area contributed by atoms with Gasteiger partial charge in [0, 0.05) is 25.2 Å². The molecule has 4 nitrogen and oxygen atoms in total. The van der Waals surface area contributed by atoms with Crippen LogP contribution in [0.5, 0.6) is 0 Å². The van der Waals surface area contributed by atoms with Crippen LogP contribution in [0.1, 0.15) is 55.9 Å². The summed E-state index contributed by atoms with van der Waals surface area (Å²) >= 11 is 0. The van der Waals surface area contributed by atoms with Crippen molar-refractivity contribution in [2.24, 2.45) is 5.92 Å². The quantitative estimate of drug-likeness (QED) is 0.784. The first-order chi connectivity index (χ1) is 10.3. The van der Waals surface area contributed by atoms with Crippen molar-refractivity contribution < 1.29 is 9.21 Å². The van der Waals surface area contributed by atoms with Gasteiger partial charge in [0.05, 0.1) is 11.8 Å². The molecule has 0 bridgehead atoms. The normalized spacial score (nSPS) is 15.3. The van der Waals surface area contributed by atoms with Crippen LogP contribution in [0.25, 0.3) is 11.1 Å². The zero-order valence-electron chi connectivity index (χ0n) is 12.7. The Bertz CT molecular complexity index is 607. The van der Waals surface area contributed by atoms with Crippen molar-refractivity contribution >= 4 is 17.0 Å². The predicted octanol–water partition coefficient (Wildman–Crippen LogP) is 3.95. The Morgan fingerprint density at radius 2 is 2.29 bits per heavy atom. The van der Waals surface area contributed by atoms with Crippen molar-refractivity contribution in [2.75, 3.05) is 6.54 Å². The van der Waals surface area contributed by atoms with Crippen molar-refractivity contribution in [3.8, 4) is 0 Å². The van der Waals surface area contributed by atoms with Crippen molar-refractivity contribution in [3.63, 3.8) is 0 Å². The molecule has 1 amide bonds. The maximum absolute atomic E-state index is 12.4. The Kier molecular flexibility index (Phi) is 4.32. The number of aromatic nitrogens is 1. The number of carbonyl (C=O) groups excluding carboxylic acids is 1. The third kappa shape index (κ3) is 2.99. The number of unbranched alkanes of at least 4 members (excludes halogenated alkanes) is 2. The summed E-state index contributed by atoms with van der Waals surface area (Å²) in [5, 5.41) is 3.03. The molecule has 21 heavy (non-hydrogen) atoms. The van der Waals surface area contributed by atoms with E-state index in [1.54, 1.807) is 6.26 Å². The molecule has 0 atom stereocenters. The summed E-state index contributed by atoms with van der Waals surface area (Å²) in [7, 11) is 0. The maximum Gasteiger partial charge on any atom is 0.268 e. The highest BCUT2D eigenvalue weighted by atomic mass is 16.3. The molecule has 0 radical (unpaired) electrons. The summed E-state index contributed by atoms with van der Waals surface area (Å²) in [6, 6.07) is 3.84. The predicted molar refractivity (Wildman–Crippen MR) is 83.4 cm³/mol. The molecule has 1 fully saturated rings. The number of nitrogens with zero attached hydrogens (tertiary/aromatic N) is 1. The number of hydrogen-bond donors (Lipinski definition) is 1. The van der Waals surface area contributed by atoms with E-state index in [2.05, 4.69) is 16.8 Å². The second-order valence-corrected chi connectivity index (χ2v) is 6.07. The molecule has 0 aliphatic heterocycles. The summed E-state index contributed by atoms with van der Waals surface area (Å²) in [6.45, 7) is 3.85. The number of hydrogen-bond acceptors (Lipinski definition) is 2. The first kappa shape index (κ1) is 14.2. The van der Waals surface area contributed by atoms with Crippen molar-refractivity contribution in [2.45, 2.75) is 52.0 Å². The SMILES string of the molecule is CCCCCNC(=O)c1cc2occc2n1CC1CCC1. The van der Waals surface area contributed by atoms with E-state index >= 15 is 0 Å². The summed E-state index contributed by atoms with van der Waals surface area (Å²) in [5.74, 6) is 0.735. The average Bonchev–Trinajstić information content (AvgIpc) is 3.00. The van der Waals surface area contributed by atoms with Crippen molar-refractivity contribution in [1.82, 2.24) is 9.88 Å². The first-order valence-electron chi connectivity index (χ1n) is 8.14. The van der Waals surface area contributed by atoms with Crippen LogP contribution >= 0.6 is 0 Å². The van der Waals surface area contributed by atoms with Crippen LogP contribution in [0.4, 0.5) is 0 Å². The number of fused-ring (bicyclic) bond motifs is 1. The lowest BCUT2D eigenvalue weighted by Crippen LogP contribution is -2.28. The van der Waals surface area contributed by atoms with Crippen LogP contribution < -0.4 is 5.32 Å². The molecule has 2 aromatic rings. The fourth-order valence-electron chi connectivity index (χ4n) is 2.96. The van der Waals surface area contributed by atoms with Gasteiger partial charge >= 0.3 is 0 Å². The third-order valence-corrected chi connectivity index (χ3v) is 4.49. The largest absolute Gasteiger partial charge is 0.463 e. The van der Waals surface area contributed by atoms with Gasteiger partial charge in [0.2, 0.25) is 0 Å². The van der Waals surface area contributed by atoms with Crippen LogP contribution in [0, 0.1) is 5.92 Å². The van der Waals surface area contributed by atoms with Gasteiger partial charge in [-0.25, -0.2) is 0 Å². The molecule has 114 valence electrons. The Hall–Kier alpha value is -1.71. The Balaban J connectivity index is 1.74. The molecule has 1 aliphatic rings. The van der Waals surface area contributed by atoms with Gasteiger partial charge in [-0.2, -0.15) is 0 Å². The fraction of sp³-hybridized carbons (Fsp3) is 0.588. The Morgan fingerprint density at radius 3 is 3.00 bits per heavy atom. The molecule has 0 spiro atoms. The lowest BCUT2D eigenvalue weighted by molar-refractivity contribution is 0.0941. The van der Waals surface area contributed by atoms with Gasteiger partial charge in [-0.15, -0.1) is 0 Å². The number of furan rings is 1. The summed E-state index contributed by atoms with van der Waals surface area (Å²) in [4.78, 5) is 12.4. The lowest BCUT2D eigenvalue weighted by Gasteiger charge is -2.26. The zero-order chi connectivity index (χ0) is 14.7. The molecule has 2 heterocycles. The molecule has 1 aliphatic carbocycles. The molecule has 1 saturated carbocycles. The molecular weight excluding hydrogens is 264 g/mol. The molecule has 1 N–H and O–H groups in total. The van der Waals surface area contributed by atoms with Gasteiger partial charge in [-0.05, 0) is 25.2 Å². The van der Waals surface area contributed by atoms with Gasteiger partial charge in [0.25, 0.3) is 5.91 Å². The zero-order valence-corrected chi connectivity index (χ0v) is 12.7. The summed E-state index contributed by atoms with van der Waals surface area (Å²) < 4.78 is 7.60. The molecule has 3 rings (SSSR count). The third-order valence-electron chi connectivity index (χ3n) is 4.49. The van der Waals surface area contributed by atoms with Crippen molar-refractivity contribution in [1.29, 1.82) is 0 Å². The Morgan fingerprint density at radius 1 is 1.43 bits per heavy atom. The second-order valence-electron chi connectivity index (χ2n) is 6.07. The minimum Gasteiger partial charge on any atom is -0.463 e. The standard InChI is InChI=1S/C17H24N2O2/c1-2-3-4-9-18-17(20)15-11-16-14(8-10-21-16)19(15)12-13-6-5-7-13/h8,10-11,13H,2-7,9,12H2,1H3,(H,18,20). The molecule has 0 unspecified atom stereocenters. The number of nitrogens with one attached hydrogen (secondary N) is 1. The molecule has 2 aromatic heterocycles. The summed E-state index contributed by atoms with van der Waals surface area (Å²) in [5.41, 5.74) is 2.60. The smallest absolute Gasteiger partial charge is 0.268 e. The topological polar surface area (TPSA) is 47.2 Å². The highest BCUT2D eigenvalue weighted by molar-refractivity contribution is 5.97. The molecule has 4 heteroatoms. The first-order valence-corrected chi connectivity index (χ1v) is 8.14. The summed E-state index contributed by atoms with van der Waals surface area (Å²) in [6.07, 6.45) is 8.93. The van der Waals surface area contributed by atoms with E-state index in [-0.39, 0.29) is 5.91 Å². The van der Waals surface area contributed by atoms with Crippen LogP contribution in [0.3, 0.4) is 0 Å². The molecular formula is C17H24N2O2. The average molecular weight is 288 g/mol. The van der Waals surface area contributed by atoms with E-state index in [0.717, 1.165) is 42.7 Å². The van der Waals surface area contributed by atoms with Gasteiger partial charge < -0.3 is 14.3 Å².